The third-order valence-corrected chi connectivity index (χ3v) is 16.8. The summed E-state index contributed by atoms with van der Waals surface area (Å²) in [4.78, 5) is 5.16. The van der Waals surface area contributed by atoms with Crippen molar-refractivity contribution in [3.05, 3.63) is 276 Å². The Kier molecular flexibility index (Phi) is 12.4. The van der Waals surface area contributed by atoms with Crippen LogP contribution in [0.4, 0.5) is 34.1 Å². The SMILES string of the molecule is CC1(C)c2ccc(-c3ccccc3)cc2-c2ccc(N(c3cc4ccc3CCc3ccc(c(N(c5ccccc5)c5ccc(C6CCCCC6)cc5)c3)CC4)c3c(-c4ccccc4)cccc3-c3ccccc3)cc21. The van der Waals surface area contributed by atoms with Crippen LogP contribution in [0.15, 0.2) is 237 Å². The Labute approximate surface area is 444 Å². The molecule has 0 atom stereocenters. The minimum absolute atomic E-state index is 0.209. The molecule has 0 heterocycles. The molecule has 10 aromatic rings. The summed E-state index contributed by atoms with van der Waals surface area (Å²) in [5, 5.41) is 0. The highest BCUT2D eigenvalue weighted by Crippen LogP contribution is 2.54. The summed E-state index contributed by atoms with van der Waals surface area (Å²) in [7, 11) is 0. The molecule has 10 aromatic carbocycles. The lowest BCUT2D eigenvalue weighted by molar-refractivity contribution is 0.443. The van der Waals surface area contributed by atoms with Crippen LogP contribution in [0.5, 0.6) is 0 Å². The van der Waals surface area contributed by atoms with E-state index < -0.39 is 0 Å². The molecule has 0 amide bonds. The zero-order chi connectivity index (χ0) is 50.3. The Balaban J connectivity index is 0.957. The molecular formula is C73H64N2. The molecule has 0 spiro atoms. The molecule has 0 radical (unpaired) electrons. The monoisotopic (exact) mass is 969 g/mol. The molecule has 1 saturated carbocycles. The number of rotatable bonds is 10. The van der Waals surface area contributed by atoms with E-state index in [1.165, 1.54) is 150 Å². The fraction of sp³-hybridized carbons (Fsp3) is 0.178. The Morgan fingerprint density at radius 3 is 1.48 bits per heavy atom. The molecule has 16 rings (SSSR count). The average molecular weight is 969 g/mol. The molecule has 0 saturated heterocycles. The van der Waals surface area contributed by atoms with Gasteiger partial charge in [-0.05, 0) is 171 Å². The maximum atomic E-state index is 2.64. The van der Waals surface area contributed by atoms with Crippen LogP contribution in [0.25, 0.3) is 44.5 Å². The van der Waals surface area contributed by atoms with Crippen molar-refractivity contribution in [2.45, 2.75) is 83.0 Å². The number of hydrogen-bond acceptors (Lipinski definition) is 2. The highest BCUT2D eigenvalue weighted by Gasteiger charge is 2.37. The number of para-hydroxylation sites is 2. The lowest BCUT2D eigenvalue weighted by Crippen LogP contribution is -2.18. The van der Waals surface area contributed by atoms with Crippen LogP contribution in [0, 0.1) is 0 Å². The molecule has 2 heteroatoms. The van der Waals surface area contributed by atoms with Gasteiger partial charge in [-0.25, -0.2) is 0 Å². The number of aryl methyl sites for hydroxylation is 4. The van der Waals surface area contributed by atoms with Crippen molar-refractivity contribution >= 4 is 34.1 Å². The van der Waals surface area contributed by atoms with E-state index in [-0.39, 0.29) is 5.41 Å². The molecular weight excluding hydrogens is 905 g/mol. The number of hydrogen-bond donors (Lipinski definition) is 0. The zero-order valence-corrected chi connectivity index (χ0v) is 43.4. The average Bonchev–Trinajstić information content (AvgIpc) is 3.70. The topological polar surface area (TPSA) is 6.48 Å². The quantitative estimate of drug-likeness (QED) is 0.135. The summed E-state index contributed by atoms with van der Waals surface area (Å²) in [6, 6.07) is 89.5. The van der Waals surface area contributed by atoms with E-state index in [1.54, 1.807) is 0 Å². The third-order valence-electron chi connectivity index (χ3n) is 16.8. The number of fused-ring (bicyclic) bond motifs is 3. The summed E-state index contributed by atoms with van der Waals surface area (Å²) in [6.07, 6.45) is 10.3. The van der Waals surface area contributed by atoms with Gasteiger partial charge in [0.15, 0.2) is 0 Å². The number of nitrogens with zero attached hydrogens (tertiary/aromatic N) is 2. The van der Waals surface area contributed by atoms with Gasteiger partial charge < -0.3 is 9.80 Å². The van der Waals surface area contributed by atoms with E-state index in [0.29, 0.717) is 5.92 Å². The summed E-state index contributed by atoms with van der Waals surface area (Å²) >= 11 is 0. The molecule has 75 heavy (non-hydrogen) atoms. The predicted molar refractivity (Wildman–Crippen MR) is 317 cm³/mol. The van der Waals surface area contributed by atoms with Crippen molar-refractivity contribution in [2.24, 2.45) is 0 Å². The highest BCUT2D eigenvalue weighted by atomic mass is 15.2. The molecule has 366 valence electrons. The van der Waals surface area contributed by atoms with E-state index >= 15 is 0 Å². The Bertz CT molecular complexity index is 3590. The highest BCUT2D eigenvalue weighted by molar-refractivity contribution is 5.99. The summed E-state index contributed by atoms with van der Waals surface area (Å²) in [6.45, 7) is 4.83. The van der Waals surface area contributed by atoms with Crippen LogP contribution in [0.3, 0.4) is 0 Å². The lowest BCUT2D eigenvalue weighted by atomic mass is 9.82. The second-order valence-electron chi connectivity index (χ2n) is 21.8. The van der Waals surface area contributed by atoms with E-state index in [2.05, 4.69) is 260 Å². The first-order valence-corrected chi connectivity index (χ1v) is 27.5. The fourth-order valence-corrected chi connectivity index (χ4v) is 12.8. The van der Waals surface area contributed by atoms with E-state index in [0.717, 1.165) is 25.7 Å². The van der Waals surface area contributed by atoms with Crippen LogP contribution in [0.2, 0.25) is 0 Å². The normalized spacial score (nSPS) is 14.6. The van der Waals surface area contributed by atoms with Crippen LogP contribution in [-0.2, 0) is 31.1 Å². The van der Waals surface area contributed by atoms with Gasteiger partial charge in [-0.2, -0.15) is 0 Å². The van der Waals surface area contributed by atoms with Crippen molar-refractivity contribution in [2.75, 3.05) is 9.80 Å². The second-order valence-corrected chi connectivity index (χ2v) is 21.8. The third kappa shape index (κ3) is 8.87. The first kappa shape index (κ1) is 46.6. The van der Waals surface area contributed by atoms with Crippen molar-refractivity contribution < 1.29 is 0 Å². The predicted octanol–water partition coefficient (Wildman–Crippen LogP) is 19.9. The van der Waals surface area contributed by atoms with Crippen LogP contribution in [0.1, 0.15) is 90.8 Å². The van der Waals surface area contributed by atoms with E-state index in [4.69, 9.17) is 0 Å². The molecule has 6 aliphatic carbocycles. The van der Waals surface area contributed by atoms with Gasteiger partial charge in [-0.15, -0.1) is 0 Å². The molecule has 0 aliphatic heterocycles. The molecule has 0 unspecified atom stereocenters. The standard InChI is InChI=1S/C73H64N2/c1-73(2)68-46-41-60(54-21-10-4-11-22-54)49-67(68)66-45-44-63(50-69(66)73)75(72-64(56-23-12-5-13-24-56)29-18-30-65(72)57-25-14-6-15-26-57)71-48-52-32-36-58-35-31-51(33-37-59(71)38-34-52)47-70(58)74(61-27-16-7-17-28-61)62-42-39-55(40-43-62)53-19-8-3-9-20-53/h4-7,10-18,21-31,34-35,38-50,53H,3,8-9,19-20,32-33,36-37H2,1-2H3. The summed E-state index contributed by atoms with van der Waals surface area (Å²) in [5.41, 5.74) is 26.6. The van der Waals surface area contributed by atoms with Crippen molar-refractivity contribution in [3.63, 3.8) is 0 Å². The molecule has 4 bridgehead atoms. The van der Waals surface area contributed by atoms with Crippen molar-refractivity contribution in [1.29, 1.82) is 0 Å². The number of anilines is 6. The van der Waals surface area contributed by atoms with Gasteiger partial charge in [-0.1, -0.05) is 215 Å². The Morgan fingerprint density at radius 2 is 0.880 bits per heavy atom. The van der Waals surface area contributed by atoms with Crippen LogP contribution < -0.4 is 9.80 Å². The largest absolute Gasteiger partial charge is 0.310 e. The maximum absolute atomic E-state index is 2.64. The van der Waals surface area contributed by atoms with Gasteiger partial charge in [-0.3, -0.25) is 0 Å². The second kappa shape index (κ2) is 19.9. The lowest BCUT2D eigenvalue weighted by Gasteiger charge is -2.34. The van der Waals surface area contributed by atoms with Gasteiger partial charge in [0.2, 0.25) is 0 Å². The first-order chi connectivity index (χ1) is 36.9. The Hall–Kier alpha value is -8.20. The van der Waals surface area contributed by atoms with E-state index in [1.807, 2.05) is 0 Å². The molecule has 0 aromatic heterocycles. The summed E-state index contributed by atoms with van der Waals surface area (Å²) < 4.78 is 0. The van der Waals surface area contributed by atoms with Crippen LogP contribution in [-0.4, -0.2) is 0 Å². The smallest absolute Gasteiger partial charge is 0.0618 e. The van der Waals surface area contributed by atoms with Gasteiger partial charge in [0.05, 0.1) is 5.69 Å². The first-order valence-electron chi connectivity index (χ1n) is 27.5. The van der Waals surface area contributed by atoms with Gasteiger partial charge in [0, 0.05) is 45.0 Å². The fourth-order valence-electron chi connectivity index (χ4n) is 12.8. The van der Waals surface area contributed by atoms with Gasteiger partial charge >= 0.3 is 0 Å². The van der Waals surface area contributed by atoms with Crippen molar-refractivity contribution in [1.82, 2.24) is 0 Å². The Morgan fingerprint density at radius 1 is 0.347 bits per heavy atom. The molecule has 2 nitrogen and oxygen atoms in total. The van der Waals surface area contributed by atoms with Gasteiger partial charge in [0.1, 0.15) is 0 Å². The van der Waals surface area contributed by atoms with Crippen LogP contribution >= 0.6 is 0 Å². The molecule has 6 aliphatic rings. The summed E-state index contributed by atoms with van der Waals surface area (Å²) in [5.74, 6) is 0.673. The molecule has 1 fully saturated rings. The minimum Gasteiger partial charge on any atom is -0.310 e. The zero-order valence-electron chi connectivity index (χ0n) is 43.4. The van der Waals surface area contributed by atoms with E-state index in [9.17, 15) is 0 Å². The maximum Gasteiger partial charge on any atom is 0.0618 e. The minimum atomic E-state index is -0.209. The molecule has 0 N–H and O–H groups in total. The van der Waals surface area contributed by atoms with Crippen molar-refractivity contribution in [3.8, 4) is 44.5 Å². The number of benzene rings is 10. The van der Waals surface area contributed by atoms with Gasteiger partial charge in [0.25, 0.3) is 0 Å².